The van der Waals surface area contributed by atoms with E-state index in [1.807, 2.05) is 0 Å². The van der Waals surface area contributed by atoms with Crippen LogP contribution in [0.15, 0.2) is 29.4 Å². The molecule has 0 radical (unpaired) electrons. The number of hydrogen-bond donors (Lipinski definition) is 1. The van der Waals surface area contributed by atoms with E-state index in [2.05, 4.69) is 5.16 Å². The summed E-state index contributed by atoms with van der Waals surface area (Å²) >= 11 is 5.65. The number of hydrogen-bond acceptors (Lipinski definition) is 4. The van der Waals surface area contributed by atoms with E-state index in [1.165, 1.54) is 24.3 Å². The quantitative estimate of drug-likeness (QED) is 0.528. The highest BCUT2D eigenvalue weighted by Gasteiger charge is 2.19. The SMILES string of the molecule is [2H]C([2H])([2H])N(C(=O)OC(C)(C)C)C([2H])([2H])c1ccc(C(Cl)=NO)cc1. The number of benzene rings is 1. The largest absolute Gasteiger partial charge is 0.444 e. The van der Waals surface area contributed by atoms with Gasteiger partial charge in [-0.2, -0.15) is 0 Å². The summed E-state index contributed by atoms with van der Waals surface area (Å²) in [5, 5.41) is 11.2. The molecule has 20 heavy (non-hydrogen) atoms. The third kappa shape index (κ3) is 5.09. The van der Waals surface area contributed by atoms with Gasteiger partial charge >= 0.3 is 6.09 Å². The van der Waals surface area contributed by atoms with E-state index in [-0.39, 0.29) is 15.6 Å². The van der Waals surface area contributed by atoms with E-state index in [9.17, 15) is 4.79 Å². The fourth-order valence-corrected chi connectivity index (χ4v) is 1.35. The number of nitrogens with zero attached hydrogens (tertiary/aromatic N) is 2. The zero-order valence-electron chi connectivity index (χ0n) is 16.3. The van der Waals surface area contributed by atoms with Gasteiger partial charge in [-0.25, -0.2) is 4.79 Å². The van der Waals surface area contributed by atoms with Crippen molar-refractivity contribution in [3.8, 4) is 0 Å². The first kappa shape index (κ1) is 10.0. The summed E-state index contributed by atoms with van der Waals surface area (Å²) < 4.78 is 43.9. The second kappa shape index (κ2) is 6.61. The first-order chi connectivity index (χ1) is 11.2. The average molecular weight is 304 g/mol. The van der Waals surface area contributed by atoms with Gasteiger partial charge < -0.3 is 14.8 Å². The molecule has 0 fully saturated rings. The van der Waals surface area contributed by atoms with Crippen LogP contribution in [0.4, 0.5) is 4.79 Å². The van der Waals surface area contributed by atoms with E-state index in [4.69, 9.17) is 28.4 Å². The normalized spacial score (nSPS) is 17.2. The predicted octanol–water partition coefficient (Wildman–Crippen LogP) is 3.43. The molecule has 5 nitrogen and oxygen atoms in total. The molecule has 0 aliphatic carbocycles. The fraction of sp³-hybridized carbons (Fsp3) is 0.429. The third-order valence-corrected chi connectivity index (χ3v) is 2.32. The number of halogens is 1. The van der Waals surface area contributed by atoms with E-state index in [0.717, 1.165) is 0 Å². The number of oxime groups is 1. The number of carbonyl (C=O) groups is 1. The molecule has 1 rings (SSSR count). The van der Waals surface area contributed by atoms with Crippen molar-refractivity contribution in [2.24, 2.45) is 5.16 Å². The molecular formula is C14H19ClN2O3. The van der Waals surface area contributed by atoms with Crippen molar-refractivity contribution in [2.75, 3.05) is 6.98 Å². The molecule has 0 aromatic heterocycles. The Morgan fingerprint density at radius 1 is 1.50 bits per heavy atom. The lowest BCUT2D eigenvalue weighted by molar-refractivity contribution is 0.0285. The maximum absolute atomic E-state index is 12.3. The molecule has 1 N–H and O–H groups in total. The van der Waals surface area contributed by atoms with Gasteiger partial charge in [0.2, 0.25) is 0 Å². The summed E-state index contributed by atoms with van der Waals surface area (Å²) in [5.74, 6) is 0. The molecule has 1 aromatic carbocycles. The number of rotatable bonds is 3. The molecule has 0 saturated carbocycles. The van der Waals surface area contributed by atoms with Gasteiger partial charge in [0.15, 0.2) is 5.17 Å². The molecule has 1 amide bonds. The lowest BCUT2D eigenvalue weighted by Crippen LogP contribution is -2.33. The highest BCUT2D eigenvalue weighted by Crippen LogP contribution is 2.13. The summed E-state index contributed by atoms with van der Waals surface area (Å²) in [7, 11) is 0. The second-order valence-electron chi connectivity index (χ2n) is 4.90. The molecule has 0 unspecified atom stereocenters. The minimum absolute atomic E-state index is 0.0714. The second-order valence-corrected chi connectivity index (χ2v) is 5.25. The van der Waals surface area contributed by atoms with Crippen LogP contribution in [0.1, 0.15) is 38.8 Å². The third-order valence-electron chi connectivity index (χ3n) is 2.03. The lowest BCUT2D eigenvalue weighted by Gasteiger charge is -2.24. The van der Waals surface area contributed by atoms with Crippen LogP contribution in [0.5, 0.6) is 0 Å². The van der Waals surface area contributed by atoms with Crippen molar-refractivity contribution < 1.29 is 21.6 Å². The number of amides is 1. The molecular weight excluding hydrogens is 280 g/mol. The van der Waals surface area contributed by atoms with Crippen molar-refractivity contribution >= 4 is 22.9 Å². The molecule has 6 heteroatoms. The van der Waals surface area contributed by atoms with Crippen LogP contribution in [0.2, 0.25) is 0 Å². The molecule has 0 spiro atoms. The minimum Gasteiger partial charge on any atom is -0.444 e. The summed E-state index contributed by atoms with van der Waals surface area (Å²) in [6.07, 6.45) is -1.31. The van der Waals surface area contributed by atoms with Crippen LogP contribution < -0.4 is 0 Å². The molecule has 1 aromatic rings. The van der Waals surface area contributed by atoms with E-state index >= 15 is 0 Å². The van der Waals surface area contributed by atoms with Gasteiger partial charge in [0.05, 0.1) is 2.74 Å². The molecule has 0 aliphatic rings. The monoisotopic (exact) mass is 303 g/mol. The van der Waals surface area contributed by atoms with Gasteiger partial charge in [0.1, 0.15) is 5.60 Å². The van der Waals surface area contributed by atoms with Gasteiger partial charge in [-0.15, -0.1) is 0 Å². The summed E-state index contributed by atoms with van der Waals surface area (Å²) in [5.41, 5.74) is -0.812. The van der Waals surface area contributed by atoms with Crippen LogP contribution in [-0.4, -0.2) is 33.9 Å². The van der Waals surface area contributed by atoms with Crippen molar-refractivity contribution in [3.63, 3.8) is 0 Å². The maximum atomic E-state index is 12.3. The smallest absolute Gasteiger partial charge is 0.410 e. The van der Waals surface area contributed by atoms with Crippen molar-refractivity contribution in [1.29, 1.82) is 0 Å². The van der Waals surface area contributed by atoms with Crippen LogP contribution in [0, 0.1) is 0 Å². The molecule has 0 atom stereocenters. The summed E-state index contributed by atoms with van der Waals surface area (Å²) in [6.45, 7) is -1.13. The molecule has 0 saturated heterocycles. The molecule has 0 bridgehead atoms. The highest BCUT2D eigenvalue weighted by molar-refractivity contribution is 6.69. The Morgan fingerprint density at radius 2 is 2.10 bits per heavy atom. The van der Waals surface area contributed by atoms with Crippen molar-refractivity contribution in [1.82, 2.24) is 4.90 Å². The Hall–Kier alpha value is -1.75. The standard InChI is InChI=1S/C14H19ClN2O3/c1-14(2,3)20-13(18)17(4)9-10-5-7-11(8-6-10)12(15)16-19/h5-8,19H,9H2,1-4H3/i4D3,9D2. The van der Waals surface area contributed by atoms with E-state index in [1.54, 1.807) is 20.8 Å². The topological polar surface area (TPSA) is 62.1 Å². The zero-order chi connectivity index (χ0) is 19.6. The Kier molecular flexibility index (Phi) is 3.32. The fourth-order valence-electron chi connectivity index (χ4n) is 1.22. The van der Waals surface area contributed by atoms with Crippen LogP contribution >= 0.6 is 11.6 Å². The van der Waals surface area contributed by atoms with Crippen molar-refractivity contribution in [2.45, 2.75) is 32.9 Å². The van der Waals surface area contributed by atoms with Crippen molar-refractivity contribution in [3.05, 3.63) is 35.4 Å². The Bertz CT molecular complexity index is 654. The van der Waals surface area contributed by atoms with Gasteiger partial charge in [0.25, 0.3) is 0 Å². The molecule has 110 valence electrons. The minimum atomic E-state index is -3.07. The highest BCUT2D eigenvalue weighted by atomic mass is 35.5. The molecule has 0 heterocycles. The summed E-state index contributed by atoms with van der Waals surface area (Å²) in [4.78, 5) is 12.3. The van der Waals surface area contributed by atoms with Gasteiger partial charge in [0, 0.05) is 23.1 Å². The number of carbonyl (C=O) groups excluding carboxylic acids is 1. The van der Waals surface area contributed by atoms with Gasteiger partial charge in [-0.3, -0.25) is 0 Å². The number of ether oxygens (including phenoxy) is 1. The Morgan fingerprint density at radius 3 is 2.55 bits per heavy atom. The Balaban J connectivity index is 3.30. The first-order valence-electron chi connectivity index (χ1n) is 8.22. The molecule has 0 aliphatic heterocycles. The first-order valence-corrected chi connectivity index (χ1v) is 6.10. The van der Waals surface area contributed by atoms with Gasteiger partial charge in [-0.05, 0) is 26.3 Å². The average Bonchev–Trinajstić information content (AvgIpc) is 2.42. The van der Waals surface area contributed by atoms with Crippen LogP contribution in [-0.2, 0) is 11.2 Å². The maximum Gasteiger partial charge on any atom is 0.410 e. The van der Waals surface area contributed by atoms with E-state index < -0.39 is 25.2 Å². The predicted molar refractivity (Wildman–Crippen MR) is 78.3 cm³/mol. The Labute approximate surface area is 130 Å². The van der Waals surface area contributed by atoms with E-state index in [0.29, 0.717) is 5.56 Å². The van der Waals surface area contributed by atoms with Crippen LogP contribution in [0.3, 0.4) is 0 Å². The van der Waals surface area contributed by atoms with Crippen LogP contribution in [0.25, 0.3) is 0 Å². The zero-order valence-corrected chi connectivity index (χ0v) is 12.1. The lowest BCUT2D eigenvalue weighted by atomic mass is 10.1. The summed E-state index contributed by atoms with van der Waals surface area (Å²) in [6, 6.07) is 5.15. The van der Waals surface area contributed by atoms with Gasteiger partial charge in [-0.1, -0.05) is 41.0 Å².